The Morgan fingerprint density at radius 3 is 1.96 bits per heavy atom. The summed E-state index contributed by atoms with van der Waals surface area (Å²) < 4.78 is 47.9. The number of aromatic nitrogens is 2. The van der Waals surface area contributed by atoms with Gasteiger partial charge in [-0.25, -0.2) is 0 Å². The van der Waals surface area contributed by atoms with Gasteiger partial charge in [-0.15, -0.1) is 0 Å². The molecule has 3 aromatic rings. The third-order valence-electron chi connectivity index (χ3n) is 3.06. The molecule has 3 rings (SSSR count). The topological polar surface area (TPSA) is 48.2 Å². The lowest BCUT2D eigenvalue weighted by atomic mass is 10.2. The molecular formula is C16H11F3N2O2. The van der Waals surface area contributed by atoms with E-state index < -0.39 is 11.7 Å². The van der Waals surface area contributed by atoms with Crippen LogP contribution in [0.3, 0.4) is 0 Å². The molecule has 0 saturated heterocycles. The first-order valence-electron chi connectivity index (χ1n) is 6.68. The van der Waals surface area contributed by atoms with Gasteiger partial charge in [0.05, 0.1) is 5.56 Å². The molecule has 0 bridgehead atoms. The van der Waals surface area contributed by atoms with Crippen LogP contribution in [0, 0.1) is 6.92 Å². The van der Waals surface area contributed by atoms with Gasteiger partial charge >= 0.3 is 6.18 Å². The summed E-state index contributed by atoms with van der Waals surface area (Å²) in [6, 6.07) is 11.3. The monoisotopic (exact) mass is 320 g/mol. The molecule has 2 aromatic carbocycles. The molecule has 0 aliphatic rings. The van der Waals surface area contributed by atoms with Crippen molar-refractivity contribution in [3.05, 3.63) is 60.0 Å². The Labute approximate surface area is 129 Å². The van der Waals surface area contributed by atoms with Gasteiger partial charge in [0.2, 0.25) is 11.7 Å². The average molecular weight is 320 g/mol. The minimum atomic E-state index is -4.36. The van der Waals surface area contributed by atoms with Crippen molar-refractivity contribution in [1.29, 1.82) is 0 Å². The van der Waals surface area contributed by atoms with Gasteiger partial charge in [0.1, 0.15) is 11.5 Å². The van der Waals surface area contributed by atoms with Crippen molar-refractivity contribution in [1.82, 2.24) is 10.1 Å². The summed E-state index contributed by atoms with van der Waals surface area (Å²) in [7, 11) is 0. The maximum absolute atomic E-state index is 12.5. The van der Waals surface area contributed by atoms with E-state index in [-0.39, 0.29) is 0 Å². The lowest BCUT2D eigenvalue weighted by Gasteiger charge is -2.09. The van der Waals surface area contributed by atoms with Gasteiger partial charge in [-0.1, -0.05) is 5.16 Å². The predicted molar refractivity (Wildman–Crippen MR) is 76.0 cm³/mol. The molecule has 0 saturated carbocycles. The van der Waals surface area contributed by atoms with Crippen LogP contribution in [-0.4, -0.2) is 10.1 Å². The summed E-state index contributed by atoms with van der Waals surface area (Å²) in [5.41, 5.74) is 0.0364. The number of benzene rings is 2. The van der Waals surface area contributed by atoms with Crippen LogP contribution in [0.1, 0.15) is 11.5 Å². The third-order valence-corrected chi connectivity index (χ3v) is 3.06. The molecule has 118 valence electrons. The van der Waals surface area contributed by atoms with E-state index in [4.69, 9.17) is 9.26 Å². The molecule has 23 heavy (non-hydrogen) atoms. The molecule has 4 nitrogen and oxygen atoms in total. The van der Waals surface area contributed by atoms with Gasteiger partial charge < -0.3 is 9.26 Å². The standard InChI is InChI=1S/C16H11F3N2O2/c1-10-20-15(21-23-10)11-2-6-13(7-3-11)22-14-8-4-12(5-9-14)16(17,18)19/h2-9H,1H3. The second-order valence-electron chi connectivity index (χ2n) is 4.79. The first-order valence-corrected chi connectivity index (χ1v) is 6.68. The van der Waals surface area contributed by atoms with Gasteiger partial charge in [-0.2, -0.15) is 18.2 Å². The van der Waals surface area contributed by atoms with E-state index in [0.29, 0.717) is 23.2 Å². The Kier molecular flexibility index (Phi) is 3.77. The summed E-state index contributed by atoms with van der Waals surface area (Å²) in [5.74, 6) is 1.74. The maximum Gasteiger partial charge on any atom is 0.416 e. The zero-order valence-corrected chi connectivity index (χ0v) is 12.0. The van der Waals surface area contributed by atoms with Gasteiger partial charge in [-0.3, -0.25) is 0 Å². The highest BCUT2D eigenvalue weighted by molar-refractivity contribution is 5.55. The van der Waals surface area contributed by atoms with Crippen molar-refractivity contribution < 1.29 is 22.4 Å². The Morgan fingerprint density at radius 1 is 0.913 bits per heavy atom. The third kappa shape index (κ3) is 3.50. The highest BCUT2D eigenvalue weighted by atomic mass is 19.4. The largest absolute Gasteiger partial charge is 0.457 e. The number of rotatable bonds is 3. The molecule has 0 amide bonds. The highest BCUT2D eigenvalue weighted by Gasteiger charge is 2.30. The molecule has 0 spiro atoms. The summed E-state index contributed by atoms with van der Waals surface area (Å²) >= 11 is 0. The van der Waals surface area contributed by atoms with Crippen LogP contribution in [0.15, 0.2) is 53.1 Å². The second kappa shape index (κ2) is 5.75. The molecule has 0 fully saturated rings. The predicted octanol–water partition coefficient (Wildman–Crippen LogP) is 4.86. The fourth-order valence-corrected chi connectivity index (χ4v) is 1.94. The smallest absolute Gasteiger partial charge is 0.416 e. The van der Waals surface area contributed by atoms with Crippen molar-refractivity contribution in [3.8, 4) is 22.9 Å². The molecule has 0 unspecified atom stereocenters. The Bertz CT molecular complexity index is 793. The van der Waals surface area contributed by atoms with Gasteiger partial charge in [0.25, 0.3) is 0 Å². The number of hydrogen-bond acceptors (Lipinski definition) is 4. The van der Waals surface area contributed by atoms with Crippen molar-refractivity contribution in [2.24, 2.45) is 0 Å². The van der Waals surface area contributed by atoms with E-state index in [1.54, 1.807) is 31.2 Å². The normalized spacial score (nSPS) is 11.5. The number of ether oxygens (including phenoxy) is 1. The number of aryl methyl sites for hydroxylation is 1. The molecule has 1 heterocycles. The molecule has 0 aliphatic heterocycles. The summed E-state index contributed by atoms with van der Waals surface area (Å²) in [6.07, 6.45) is -4.36. The van der Waals surface area contributed by atoms with E-state index >= 15 is 0 Å². The van der Waals surface area contributed by atoms with Crippen molar-refractivity contribution >= 4 is 0 Å². The molecular weight excluding hydrogens is 309 g/mol. The van der Waals surface area contributed by atoms with E-state index in [2.05, 4.69) is 10.1 Å². The fourth-order valence-electron chi connectivity index (χ4n) is 1.94. The number of halogens is 3. The molecule has 0 aliphatic carbocycles. The number of alkyl halides is 3. The maximum atomic E-state index is 12.5. The summed E-state index contributed by atoms with van der Waals surface area (Å²) in [4.78, 5) is 4.10. The van der Waals surface area contributed by atoms with E-state index in [0.717, 1.165) is 17.7 Å². The van der Waals surface area contributed by atoms with E-state index in [9.17, 15) is 13.2 Å². The van der Waals surface area contributed by atoms with Crippen molar-refractivity contribution in [3.63, 3.8) is 0 Å². The van der Waals surface area contributed by atoms with Crippen LogP contribution in [0.2, 0.25) is 0 Å². The van der Waals surface area contributed by atoms with Crippen LogP contribution in [0.5, 0.6) is 11.5 Å². The zero-order valence-electron chi connectivity index (χ0n) is 12.0. The van der Waals surface area contributed by atoms with Crippen LogP contribution >= 0.6 is 0 Å². The molecule has 1 aromatic heterocycles. The van der Waals surface area contributed by atoms with E-state index in [1.807, 2.05) is 0 Å². The van der Waals surface area contributed by atoms with Gasteiger partial charge in [0.15, 0.2) is 0 Å². The molecule has 0 radical (unpaired) electrons. The highest BCUT2D eigenvalue weighted by Crippen LogP contribution is 2.31. The van der Waals surface area contributed by atoms with E-state index in [1.165, 1.54) is 12.1 Å². The Morgan fingerprint density at radius 2 is 1.48 bits per heavy atom. The number of nitrogens with zero attached hydrogens (tertiary/aromatic N) is 2. The van der Waals surface area contributed by atoms with Gasteiger partial charge in [0, 0.05) is 12.5 Å². The van der Waals surface area contributed by atoms with Crippen LogP contribution in [-0.2, 0) is 6.18 Å². The Balaban J connectivity index is 1.73. The van der Waals surface area contributed by atoms with Gasteiger partial charge in [-0.05, 0) is 48.5 Å². The zero-order chi connectivity index (χ0) is 16.4. The first-order chi connectivity index (χ1) is 10.9. The lowest BCUT2D eigenvalue weighted by Crippen LogP contribution is -2.03. The molecule has 0 atom stereocenters. The molecule has 0 N–H and O–H groups in total. The van der Waals surface area contributed by atoms with Crippen LogP contribution < -0.4 is 4.74 Å². The number of hydrogen-bond donors (Lipinski definition) is 0. The van der Waals surface area contributed by atoms with Crippen LogP contribution in [0.4, 0.5) is 13.2 Å². The molecule has 7 heteroatoms. The van der Waals surface area contributed by atoms with Crippen molar-refractivity contribution in [2.75, 3.05) is 0 Å². The quantitative estimate of drug-likeness (QED) is 0.692. The summed E-state index contributed by atoms with van der Waals surface area (Å²) in [6.45, 7) is 1.69. The lowest BCUT2D eigenvalue weighted by molar-refractivity contribution is -0.137. The first kappa shape index (κ1) is 15.1. The Hall–Kier alpha value is -2.83. The minimum Gasteiger partial charge on any atom is -0.457 e. The summed E-state index contributed by atoms with van der Waals surface area (Å²) in [5, 5.41) is 3.80. The van der Waals surface area contributed by atoms with Crippen molar-refractivity contribution in [2.45, 2.75) is 13.1 Å². The van der Waals surface area contributed by atoms with Crippen LogP contribution in [0.25, 0.3) is 11.4 Å². The fraction of sp³-hybridized carbons (Fsp3) is 0.125. The average Bonchev–Trinajstić information content (AvgIpc) is 2.94. The minimum absolute atomic E-state index is 0.321. The SMILES string of the molecule is Cc1nc(-c2ccc(Oc3ccc(C(F)(F)F)cc3)cc2)no1. The second-order valence-corrected chi connectivity index (χ2v) is 4.79.